The van der Waals surface area contributed by atoms with Crippen LogP contribution in [0.4, 0.5) is 11.6 Å². The zero-order chi connectivity index (χ0) is 29.4. The van der Waals surface area contributed by atoms with Crippen molar-refractivity contribution in [2.24, 2.45) is 0 Å². The molecule has 6 aromatic rings. The van der Waals surface area contributed by atoms with Gasteiger partial charge in [-0.05, 0) is 61.7 Å². The van der Waals surface area contributed by atoms with Gasteiger partial charge in [-0.25, -0.2) is 0 Å². The maximum atomic E-state index is 11.4. The van der Waals surface area contributed by atoms with Crippen molar-refractivity contribution < 1.29 is 19.3 Å². The first-order valence-corrected chi connectivity index (χ1v) is 13.8. The highest BCUT2D eigenvalue weighted by Crippen LogP contribution is 2.44. The quantitative estimate of drug-likeness (QED) is 0.149. The van der Waals surface area contributed by atoms with Gasteiger partial charge in [0.2, 0.25) is 0 Å². The number of hydrogen-bond acceptors (Lipinski definition) is 8. The molecule has 0 bridgehead atoms. The van der Waals surface area contributed by atoms with Crippen molar-refractivity contribution in [1.82, 2.24) is 10.3 Å². The molecular formula is C34H32N4O4. The minimum absolute atomic E-state index is 0.115. The van der Waals surface area contributed by atoms with Crippen LogP contribution in [0.15, 0.2) is 94.0 Å². The summed E-state index contributed by atoms with van der Waals surface area (Å²) in [6.07, 6.45) is 0. The van der Waals surface area contributed by atoms with Gasteiger partial charge < -0.3 is 29.9 Å². The minimum Gasteiger partial charge on any atom is -0.508 e. The predicted molar refractivity (Wildman–Crippen MR) is 163 cm³/mol. The third-order valence-electron chi connectivity index (χ3n) is 7.48. The molecular weight excluding hydrogens is 528 g/mol. The fourth-order valence-electron chi connectivity index (χ4n) is 5.36. The van der Waals surface area contributed by atoms with E-state index in [0.717, 1.165) is 33.0 Å². The molecule has 212 valence electrons. The molecule has 0 amide bonds. The van der Waals surface area contributed by atoms with E-state index >= 15 is 0 Å². The van der Waals surface area contributed by atoms with Gasteiger partial charge in [-0.15, -0.1) is 0 Å². The van der Waals surface area contributed by atoms with Crippen molar-refractivity contribution in [3.63, 3.8) is 0 Å². The summed E-state index contributed by atoms with van der Waals surface area (Å²) in [5.74, 6) is 2.67. The molecule has 8 nitrogen and oxygen atoms in total. The van der Waals surface area contributed by atoms with Crippen molar-refractivity contribution >= 4 is 22.4 Å². The molecule has 42 heavy (non-hydrogen) atoms. The van der Waals surface area contributed by atoms with E-state index in [4.69, 9.17) is 9.05 Å². The average molecular weight is 561 g/mol. The summed E-state index contributed by atoms with van der Waals surface area (Å²) in [6, 6.07) is 26.0. The van der Waals surface area contributed by atoms with Crippen LogP contribution in [0.2, 0.25) is 0 Å². The maximum Gasteiger partial charge on any atom is 0.170 e. The van der Waals surface area contributed by atoms with E-state index < -0.39 is 12.1 Å². The van der Waals surface area contributed by atoms with Gasteiger partial charge in [0, 0.05) is 23.3 Å². The van der Waals surface area contributed by atoms with Crippen molar-refractivity contribution in [1.29, 1.82) is 0 Å². The Balaban J connectivity index is 1.56. The molecule has 0 saturated carbocycles. The zero-order valence-corrected chi connectivity index (χ0v) is 23.8. The molecule has 0 aliphatic heterocycles. The number of phenols is 2. The van der Waals surface area contributed by atoms with Crippen LogP contribution in [0, 0.1) is 27.7 Å². The summed E-state index contributed by atoms with van der Waals surface area (Å²) in [6.45, 7) is 7.73. The Bertz CT molecular complexity index is 1720. The monoisotopic (exact) mass is 560 g/mol. The second-order valence-corrected chi connectivity index (χ2v) is 10.7. The molecule has 0 radical (unpaired) electrons. The minimum atomic E-state index is -0.472. The van der Waals surface area contributed by atoms with Crippen LogP contribution in [-0.2, 0) is 0 Å². The molecule has 2 atom stereocenters. The molecule has 2 heterocycles. The van der Waals surface area contributed by atoms with Gasteiger partial charge in [0.1, 0.15) is 23.0 Å². The first kappa shape index (κ1) is 27.0. The number of aromatic hydroxyl groups is 2. The van der Waals surface area contributed by atoms with Crippen LogP contribution in [0.25, 0.3) is 10.8 Å². The molecule has 0 spiro atoms. The molecule has 8 heteroatoms. The van der Waals surface area contributed by atoms with E-state index in [9.17, 15) is 10.2 Å². The van der Waals surface area contributed by atoms with Gasteiger partial charge in [-0.2, -0.15) is 0 Å². The highest BCUT2D eigenvalue weighted by atomic mass is 16.5. The molecule has 0 saturated heterocycles. The standard InChI is InChI=1S/C34H32N4O4/c1-19-5-9-23(10-6-19)33(35-29-17-21(3)41-37-29)31-25-13-16-28(40)32(26(25)14-15-27(31)39)34(24-11-7-20(2)8-12-24)36-30-18-22(4)42-38-30/h5-18,33-34,39-40H,1-4H3,(H,35,37)(H,36,38)/t33-,34-/m1/s1. The summed E-state index contributed by atoms with van der Waals surface area (Å²) in [4.78, 5) is 0. The van der Waals surface area contributed by atoms with Crippen LogP contribution in [0.1, 0.15) is 57.0 Å². The first-order chi connectivity index (χ1) is 20.3. The van der Waals surface area contributed by atoms with Crippen molar-refractivity contribution in [2.75, 3.05) is 10.6 Å². The second kappa shape index (κ2) is 11.0. The second-order valence-electron chi connectivity index (χ2n) is 10.7. The van der Waals surface area contributed by atoms with Crippen LogP contribution >= 0.6 is 0 Å². The first-order valence-electron chi connectivity index (χ1n) is 13.8. The van der Waals surface area contributed by atoms with Crippen molar-refractivity contribution in [3.05, 3.63) is 130 Å². The lowest BCUT2D eigenvalue weighted by Gasteiger charge is -2.26. The van der Waals surface area contributed by atoms with Gasteiger partial charge in [-0.1, -0.05) is 82.1 Å². The molecule has 0 fully saturated rings. The number of fused-ring (bicyclic) bond motifs is 1. The van der Waals surface area contributed by atoms with Crippen LogP contribution in [0.3, 0.4) is 0 Å². The molecule has 4 N–H and O–H groups in total. The highest BCUT2D eigenvalue weighted by Gasteiger charge is 2.27. The number of nitrogens with one attached hydrogen (secondary N) is 2. The predicted octanol–water partition coefficient (Wildman–Crippen LogP) is 7.86. The van der Waals surface area contributed by atoms with E-state index in [2.05, 4.69) is 20.9 Å². The normalized spacial score (nSPS) is 12.8. The van der Waals surface area contributed by atoms with Crippen molar-refractivity contribution in [3.8, 4) is 11.5 Å². The number of hydrogen-bond donors (Lipinski definition) is 4. The lowest BCUT2D eigenvalue weighted by molar-refractivity contribution is 0.399. The SMILES string of the molecule is Cc1ccc([C@@H](Nc2cc(C)on2)c2c(O)ccc3c([C@H](Nc4cc(C)on4)c4ccc(C)cc4)c(O)ccc23)cc1. The lowest BCUT2D eigenvalue weighted by atomic mass is 9.87. The van der Waals surface area contributed by atoms with Gasteiger partial charge in [0.15, 0.2) is 11.6 Å². The number of rotatable bonds is 8. The van der Waals surface area contributed by atoms with Gasteiger partial charge in [0.25, 0.3) is 0 Å². The molecule has 0 unspecified atom stereocenters. The van der Waals surface area contributed by atoms with Crippen LogP contribution in [0.5, 0.6) is 11.5 Å². The van der Waals surface area contributed by atoms with E-state index in [0.29, 0.717) is 34.3 Å². The summed E-state index contributed by atoms with van der Waals surface area (Å²) >= 11 is 0. The van der Waals surface area contributed by atoms with Gasteiger partial charge >= 0.3 is 0 Å². The smallest absolute Gasteiger partial charge is 0.170 e. The Labute approximate surface area is 243 Å². The maximum absolute atomic E-state index is 11.4. The molecule has 0 aliphatic carbocycles. The Kier molecular flexibility index (Phi) is 7.04. The number of anilines is 2. The molecule has 4 aromatic carbocycles. The topological polar surface area (TPSA) is 117 Å². The van der Waals surface area contributed by atoms with E-state index in [1.165, 1.54) is 0 Å². The van der Waals surface area contributed by atoms with Gasteiger partial charge in [0.05, 0.1) is 12.1 Å². The molecule has 2 aromatic heterocycles. The van der Waals surface area contributed by atoms with Crippen LogP contribution in [-0.4, -0.2) is 20.5 Å². The summed E-state index contributed by atoms with van der Waals surface area (Å²) in [5, 5.41) is 39.5. The third-order valence-corrected chi connectivity index (χ3v) is 7.48. The summed E-state index contributed by atoms with van der Waals surface area (Å²) in [5.41, 5.74) is 5.42. The fraction of sp³-hybridized carbons (Fsp3) is 0.176. The zero-order valence-electron chi connectivity index (χ0n) is 23.8. The Morgan fingerprint density at radius 3 is 1.26 bits per heavy atom. The van der Waals surface area contributed by atoms with E-state index in [-0.39, 0.29) is 11.5 Å². The third kappa shape index (κ3) is 5.26. The summed E-state index contributed by atoms with van der Waals surface area (Å²) in [7, 11) is 0. The number of phenolic OH excluding ortho intramolecular Hbond substituents is 2. The summed E-state index contributed by atoms with van der Waals surface area (Å²) < 4.78 is 10.7. The molecule has 0 aliphatic rings. The van der Waals surface area contributed by atoms with Crippen LogP contribution < -0.4 is 10.6 Å². The van der Waals surface area contributed by atoms with Crippen molar-refractivity contribution in [2.45, 2.75) is 39.8 Å². The van der Waals surface area contributed by atoms with E-state index in [1.807, 2.05) is 100 Å². The largest absolute Gasteiger partial charge is 0.508 e. The lowest BCUT2D eigenvalue weighted by Crippen LogP contribution is -2.15. The Morgan fingerprint density at radius 2 is 0.929 bits per heavy atom. The number of aryl methyl sites for hydroxylation is 4. The highest BCUT2D eigenvalue weighted by molar-refractivity contribution is 5.94. The Hall–Kier alpha value is -5.24. The average Bonchev–Trinajstić information content (AvgIpc) is 3.59. The Morgan fingerprint density at radius 1 is 0.548 bits per heavy atom. The number of nitrogens with zero attached hydrogens (tertiary/aromatic N) is 2. The number of benzene rings is 4. The van der Waals surface area contributed by atoms with E-state index in [1.54, 1.807) is 12.1 Å². The van der Waals surface area contributed by atoms with Gasteiger partial charge in [-0.3, -0.25) is 0 Å². The fourth-order valence-corrected chi connectivity index (χ4v) is 5.36. The number of aromatic nitrogens is 2. The molecule has 6 rings (SSSR count).